The zero-order chi connectivity index (χ0) is 15.0. The van der Waals surface area contributed by atoms with Gasteiger partial charge < -0.3 is 21.1 Å². The number of nitrogens with one attached hydrogen (secondary N) is 3. The molecule has 6 atom stereocenters. The minimum atomic E-state index is -0.0553. The van der Waals surface area contributed by atoms with Gasteiger partial charge in [0.2, 0.25) is 0 Å². The molecule has 0 aliphatic carbocycles. The molecular weight excluding hydrogens is 262 g/mol. The summed E-state index contributed by atoms with van der Waals surface area (Å²) in [6.07, 6.45) is 7.29. The van der Waals surface area contributed by atoms with Crippen LogP contribution in [0.3, 0.4) is 0 Å². The Bertz CT molecular complexity index is 312. The second-order valence-electron chi connectivity index (χ2n) is 7.86. The normalized spacial score (nSPS) is 44.6. The molecule has 4 N–H and O–H groups in total. The van der Waals surface area contributed by atoms with Crippen LogP contribution in [0, 0.1) is 5.41 Å². The zero-order valence-corrected chi connectivity index (χ0v) is 13.9. The van der Waals surface area contributed by atoms with Crippen LogP contribution in [-0.2, 0) is 0 Å². The minimum absolute atomic E-state index is 0.0553. The van der Waals surface area contributed by atoms with E-state index in [1.807, 2.05) is 0 Å². The number of rotatable bonds is 4. The molecular formula is C17H33N3O. The molecule has 3 rings (SSSR count). The van der Waals surface area contributed by atoms with Gasteiger partial charge in [-0.05, 0) is 59.3 Å². The van der Waals surface area contributed by atoms with E-state index in [1.165, 1.54) is 38.5 Å². The fraction of sp³-hybridized carbons (Fsp3) is 1.00. The molecule has 3 aliphatic rings. The Morgan fingerprint density at radius 1 is 0.714 bits per heavy atom. The highest BCUT2D eigenvalue weighted by atomic mass is 16.3. The summed E-state index contributed by atoms with van der Waals surface area (Å²) in [4.78, 5) is 0. The monoisotopic (exact) mass is 295 g/mol. The van der Waals surface area contributed by atoms with E-state index >= 15 is 0 Å². The minimum Gasteiger partial charge on any atom is -0.396 e. The molecule has 4 nitrogen and oxygen atoms in total. The van der Waals surface area contributed by atoms with Gasteiger partial charge in [0.1, 0.15) is 0 Å². The summed E-state index contributed by atoms with van der Waals surface area (Å²) in [5, 5.41) is 21.9. The van der Waals surface area contributed by atoms with Crippen LogP contribution in [0.2, 0.25) is 0 Å². The van der Waals surface area contributed by atoms with E-state index in [0.29, 0.717) is 36.3 Å². The third-order valence-corrected chi connectivity index (χ3v) is 6.34. The van der Waals surface area contributed by atoms with Crippen LogP contribution < -0.4 is 16.0 Å². The first-order valence-corrected chi connectivity index (χ1v) is 8.95. The Morgan fingerprint density at radius 2 is 1.05 bits per heavy atom. The van der Waals surface area contributed by atoms with Gasteiger partial charge in [-0.25, -0.2) is 0 Å². The van der Waals surface area contributed by atoms with E-state index in [0.717, 1.165) is 0 Å². The maximum absolute atomic E-state index is 10.5. The van der Waals surface area contributed by atoms with Crippen molar-refractivity contribution in [3.05, 3.63) is 0 Å². The fourth-order valence-corrected chi connectivity index (χ4v) is 5.11. The highest BCUT2D eigenvalue weighted by molar-refractivity contribution is 5.12. The Morgan fingerprint density at radius 3 is 1.24 bits per heavy atom. The SMILES string of the molecule is C[C@@H]1CC[C@H](C(CO)([C@H]2CC[C@@H](C)N2)[C@H]2CC[C@@H](C)N2)N1. The third kappa shape index (κ3) is 2.76. The molecule has 0 amide bonds. The molecule has 0 radical (unpaired) electrons. The van der Waals surface area contributed by atoms with Gasteiger partial charge in [0.25, 0.3) is 0 Å². The number of hydrogen-bond acceptors (Lipinski definition) is 4. The van der Waals surface area contributed by atoms with Crippen molar-refractivity contribution in [2.24, 2.45) is 5.41 Å². The van der Waals surface area contributed by atoms with Crippen molar-refractivity contribution in [3.63, 3.8) is 0 Å². The first-order valence-electron chi connectivity index (χ1n) is 8.95. The molecule has 4 heteroatoms. The quantitative estimate of drug-likeness (QED) is 0.633. The van der Waals surface area contributed by atoms with Crippen LogP contribution in [-0.4, -0.2) is 48.0 Å². The second kappa shape index (κ2) is 6.15. The van der Waals surface area contributed by atoms with Crippen molar-refractivity contribution in [3.8, 4) is 0 Å². The van der Waals surface area contributed by atoms with E-state index in [1.54, 1.807) is 0 Å². The van der Waals surface area contributed by atoms with Gasteiger partial charge in [0, 0.05) is 41.7 Å². The van der Waals surface area contributed by atoms with Crippen LogP contribution in [0.25, 0.3) is 0 Å². The Kier molecular flexibility index (Phi) is 4.60. The zero-order valence-electron chi connectivity index (χ0n) is 13.9. The summed E-state index contributed by atoms with van der Waals surface area (Å²) >= 11 is 0. The molecule has 3 aliphatic heterocycles. The first-order chi connectivity index (χ1) is 10.1. The standard InChI is InChI=1S/C17H33N3O/c1-11-4-7-14(18-11)17(10-21,15-8-5-12(2)19-15)16-9-6-13(3)20-16/h11-16,18-21H,4-10H2,1-3H3/t11-,12-,13-,14-,15-,16-/m1/s1. The van der Waals surface area contributed by atoms with Crippen molar-refractivity contribution in [1.29, 1.82) is 0 Å². The van der Waals surface area contributed by atoms with Gasteiger partial charge in [-0.15, -0.1) is 0 Å². The molecule has 3 heterocycles. The van der Waals surface area contributed by atoms with Gasteiger partial charge >= 0.3 is 0 Å². The summed E-state index contributed by atoms with van der Waals surface area (Å²) in [5.74, 6) is 0. The predicted molar refractivity (Wildman–Crippen MR) is 86.4 cm³/mol. The Hall–Kier alpha value is -0.160. The summed E-state index contributed by atoms with van der Waals surface area (Å²) in [6, 6.07) is 3.05. The lowest BCUT2D eigenvalue weighted by molar-refractivity contribution is 0.0184. The molecule has 0 aromatic heterocycles. The van der Waals surface area contributed by atoms with E-state index in [4.69, 9.17) is 0 Å². The molecule has 0 spiro atoms. The van der Waals surface area contributed by atoms with Crippen LogP contribution in [0.1, 0.15) is 59.3 Å². The van der Waals surface area contributed by atoms with E-state index in [2.05, 4.69) is 36.7 Å². The van der Waals surface area contributed by atoms with Gasteiger partial charge in [-0.1, -0.05) is 0 Å². The van der Waals surface area contributed by atoms with Crippen LogP contribution in [0.4, 0.5) is 0 Å². The summed E-state index contributed by atoms with van der Waals surface area (Å²) < 4.78 is 0. The molecule has 3 saturated heterocycles. The largest absolute Gasteiger partial charge is 0.396 e. The molecule has 0 saturated carbocycles. The Labute approximate surface area is 129 Å². The van der Waals surface area contributed by atoms with Gasteiger partial charge in [-0.2, -0.15) is 0 Å². The van der Waals surface area contributed by atoms with Crippen molar-refractivity contribution in [1.82, 2.24) is 16.0 Å². The molecule has 3 fully saturated rings. The maximum atomic E-state index is 10.5. The fourth-order valence-electron chi connectivity index (χ4n) is 5.11. The lowest BCUT2D eigenvalue weighted by atomic mass is 9.67. The summed E-state index contributed by atoms with van der Waals surface area (Å²) in [7, 11) is 0. The summed E-state index contributed by atoms with van der Waals surface area (Å²) in [6.45, 7) is 7.11. The van der Waals surface area contributed by atoms with Crippen LogP contribution in [0.5, 0.6) is 0 Å². The lowest BCUT2D eigenvalue weighted by Gasteiger charge is -2.47. The van der Waals surface area contributed by atoms with Crippen molar-refractivity contribution >= 4 is 0 Å². The molecule has 122 valence electrons. The van der Waals surface area contributed by atoms with E-state index < -0.39 is 0 Å². The number of hydrogen-bond donors (Lipinski definition) is 4. The summed E-state index contributed by atoms with van der Waals surface area (Å²) in [5.41, 5.74) is -0.0553. The van der Waals surface area contributed by atoms with E-state index in [9.17, 15) is 5.11 Å². The lowest BCUT2D eigenvalue weighted by Crippen LogP contribution is -2.64. The maximum Gasteiger partial charge on any atom is 0.0532 e. The first kappa shape index (κ1) is 15.7. The second-order valence-corrected chi connectivity index (χ2v) is 7.86. The molecule has 0 bridgehead atoms. The van der Waals surface area contributed by atoms with Gasteiger partial charge in [0.15, 0.2) is 0 Å². The van der Waals surface area contributed by atoms with Crippen molar-refractivity contribution in [2.75, 3.05) is 6.61 Å². The number of aliphatic hydroxyl groups excluding tert-OH is 1. The predicted octanol–water partition coefficient (Wildman–Crippen LogP) is 1.39. The smallest absolute Gasteiger partial charge is 0.0532 e. The van der Waals surface area contributed by atoms with Crippen LogP contribution >= 0.6 is 0 Å². The number of aliphatic hydroxyl groups is 1. The molecule has 0 aromatic carbocycles. The molecule has 21 heavy (non-hydrogen) atoms. The van der Waals surface area contributed by atoms with Gasteiger partial charge in [-0.3, -0.25) is 0 Å². The van der Waals surface area contributed by atoms with Crippen molar-refractivity contribution in [2.45, 2.75) is 95.5 Å². The highest BCUT2D eigenvalue weighted by Crippen LogP contribution is 2.43. The van der Waals surface area contributed by atoms with E-state index in [-0.39, 0.29) is 12.0 Å². The van der Waals surface area contributed by atoms with Gasteiger partial charge in [0.05, 0.1) is 6.61 Å². The average Bonchev–Trinajstić information content (AvgIpc) is 3.16. The third-order valence-electron chi connectivity index (χ3n) is 6.34. The molecule has 0 unspecified atom stereocenters. The van der Waals surface area contributed by atoms with Crippen molar-refractivity contribution < 1.29 is 5.11 Å². The average molecular weight is 295 g/mol. The highest BCUT2D eigenvalue weighted by Gasteiger charge is 2.54. The molecule has 0 aromatic rings. The topological polar surface area (TPSA) is 56.3 Å². The van der Waals surface area contributed by atoms with Crippen LogP contribution in [0.15, 0.2) is 0 Å². The Balaban J connectivity index is 1.88.